The van der Waals surface area contributed by atoms with Crippen molar-refractivity contribution in [1.82, 2.24) is 4.31 Å². The van der Waals surface area contributed by atoms with E-state index in [-0.39, 0.29) is 46.0 Å². The van der Waals surface area contributed by atoms with Crippen molar-refractivity contribution in [2.24, 2.45) is 5.73 Å². The summed E-state index contributed by atoms with van der Waals surface area (Å²) in [4.78, 5) is -0.0362. The van der Waals surface area contributed by atoms with Gasteiger partial charge in [-0.15, -0.1) is 0 Å². The quantitative estimate of drug-likeness (QED) is 0.807. The second-order valence-corrected chi connectivity index (χ2v) is 10.6. The Bertz CT molecular complexity index is 811. The van der Waals surface area contributed by atoms with Crippen LogP contribution in [0.3, 0.4) is 0 Å². The van der Waals surface area contributed by atoms with Crippen LogP contribution >= 0.6 is 23.2 Å². The molecule has 1 aromatic carbocycles. The van der Waals surface area contributed by atoms with Gasteiger partial charge in [0.05, 0.1) is 26.4 Å². The van der Waals surface area contributed by atoms with Gasteiger partial charge in [-0.05, 0) is 31.5 Å². The Morgan fingerprint density at radius 1 is 1.30 bits per heavy atom. The Kier molecular flexibility index (Phi) is 5.35. The molecule has 2 N–H and O–H groups in total. The smallest absolute Gasteiger partial charge is 0.243 e. The normalized spacial score (nSPS) is 24.2. The number of halogens is 2. The summed E-state index contributed by atoms with van der Waals surface area (Å²) < 4.78 is 50.7. The number of nitrogens with zero attached hydrogens (tertiary/aromatic N) is 1. The predicted octanol–water partition coefficient (Wildman–Crippen LogP) is 1.52. The zero-order valence-electron chi connectivity index (χ0n) is 12.5. The summed E-state index contributed by atoms with van der Waals surface area (Å²) in [6, 6.07) is 4.00. The van der Waals surface area contributed by atoms with Crippen LogP contribution in [0.5, 0.6) is 0 Å². The lowest BCUT2D eigenvalue weighted by Crippen LogP contribution is -2.52. The van der Waals surface area contributed by atoms with Gasteiger partial charge in [-0.25, -0.2) is 16.8 Å². The van der Waals surface area contributed by atoms with Gasteiger partial charge in [0.15, 0.2) is 9.84 Å². The number of sulfonamides is 1. The van der Waals surface area contributed by atoms with Gasteiger partial charge in [-0.3, -0.25) is 0 Å². The van der Waals surface area contributed by atoms with Gasteiger partial charge in [0.1, 0.15) is 0 Å². The Hall–Kier alpha value is -0.380. The lowest BCUT2D eigenvalue weighted by molar-refractivity contribution is 0.238. The van der Waals surface area contributed by atoms with Gasteiger partial charge in [-0.1, -0.05) is 23.2 Å². The lowest BCUT2D eigenvalue weighted by atomic mass is 10.0. The number of hydrogen-bond donors (Lipinski definition) is 1. The third-order valence-electron chi connectivity index (χ3n) is 3.90. The highest BCUT2D eigenvalue weighted by atomic mass is 35.5. The second kappa shape index (κ2) is 6.50. The van der Waals surface area contributed by atoms with Crippen molar-refractivity contribution in [3.63, 3.8) is 0 Å². The van der Waals surface area contributed by atoms with Gasteiger partial charge in [0.25, 0.3) is 0 Å². The van der Waals surface area contributed by atoms with Crippen molar-refractivity contribution in [3.05, 3.63) is 28.2 Å². The van der Waals surface area contributed by atoms with E-state index in [1.54, 1.807) is 6.92 Å². The van der Waals surface area contributed by atoms with E-state index < -0.39 is 25.4 Å². The summed E-state index contributed by atoms with van der Waals surface area (Å²) in [5, 5.41) is 0.357. The number of nitrogens with two attached hydrogens (primary N) is 1. The topological polar surface area (TPSA) is 97.5 Å². The number of rotatable bonds is 5. The molecule has 6 nitrogen and oxygen atoms in total. The van der Waals surface area contributed by atoms with Gasteiger partial charge in [-0.2, -0.15) is 4.31 Å². The van der Waals surface area contributed by atoms with E-state index in [4.69, 9.17) is 28.9 Å². The first-order valence-electron chi connectivity index (χ1n) is 6.90. The van der Waals surface area contributed by atoms with Gasteiger partial charge >= 0.3 is 0 Å². The minimum atomic E-state index is -3.95. The molecule has 0 aliphatic carbocycles. The third-order valence-corrected chi connectivity index (χ3v) is 8.58. The summed E-state index contributed by atoms with van der Waals surface area (Å²) in [5.74, 6) is -0.262. The van der Waals surface area contributed by atoms with Gasteiger partial charge in [0, 0.05) is 18.6 Å². The zero-order chi connectivity index (χ0) is 17.5. The van der Waals surface area contributed by atoms with Crippen LogP contribution in [0, 0.1) is 0 Å². The number of benzene rings is 1. The first-order chi connectivity index (χ1) is 10.5. The summed E-state index contributed by atoms with van der Waals surface area (Å²) in [6.45, 7) is 1.73. The Labute approximate surface area is 146 Å². The number of hydrogen-bond acceptors (Lipinski definition) is 5. The van der Waals surface area contributed by atoms with Gasteiger partial charge in [0.2, 0.25) is 10.0 Å². The van der Waals surface area contributed by atoms with Crippen molar-refractivity contribution >= 4 is 43.1 Å². The van der Waals surface area contributed by atoms with E-state index in [2.05, 4.69) is 0 Å². The molecule has 10 heteroatoms. The molecule has 1 heterocycles. The summed E-state index contributed by atoms with van der Waals surface area (Å²) in [5.41, 5.74) is 4.52. The highest BCUT2D eigenvalue weighted by Crippen LogP contribution is 2.35. The van der Waals surface area contributed by atoms with Gasteiger partial charge < -0.3 is 5.73 Å². The maximum Gasteiger partial charge on any atom is 0.243 e. The van der Waals surface area contributed by atoms with Crippen LogP contribution in [-0.4, -0.2) is 51.3 Å². The maximum atomic E-state index is 13.0. The molecule has 1 aromatic rings. The van der Waals surface area contributed by atoms with E-state index in [1.807, 2.05) is 0 Å². The number of sulfone groups is 1. The Morgan fingerprint density at radius 3 is 2.43 bits per heavy atom. The Balaban J connectivity index is 2.49. The molecule has 0 saturated carbocycles. The van der Waals surface area contributed by atoms with Crippen LogP contribution in [-0.2, 0) is 19.9 Å². The van der Waals surface area contributed by atoms with Crippen LogP contribution in [0.2, 0.25) is 10.0 Å². The van der Waals surface area contributed by atoms with Crippen molar-refractivity contribution in [2.45, 2.75) is 23.8 Å². The van der Waals surface area contributed by atoms with E-state index in [1.165, 1.54) is 22.5 Å². The highest BCUT2D eigenvalue weighted by Gasteiger charge is 2.47. The molecule has 130 valence electrons. The van der Waals surface area contributed by atoms with Crippen LogP contribution in [0.4, 0.5) is 0 Å². The second-order valence-electron chi connectivity index (χ2n) is 5.78. The molecule has 23 heavy (non-hydrogen) atoms. The van der Waals surface area contributed by atoms with Crippen molar-refractivity contribution in [3.8, 4) is 0 Å². The van der Waals surface area contributed by atoms with Crippen LogP contribution in [0.15, 0.2) is 23.1 Å². The van der Waals surface area contributed by atoms with Crippen molar-refractivity contribution in [2.75, 3.05) is 24.6 Å². The zero-order valence-corrected chi connectivity index (χ0v) is 15.6. The van der Waals surface area contributed by atoms with Crippen molar-refractivity contribution < 1.29 is 16.8 Å². The SMILES string of the molecule is C[C@]1(N(CCN)S(=O)(=O)c2ccc(Cl)c(Cl)c2)CCS(=O)(=O)C1. The minimum Gasteiger partial charge on any atom is -0.329 e. The van der Waals surface area contributed by atoms with Crippen LogP contribution in [0.1, 0.15) is 13.3 Å². The molecule has 2 rings (SSSR count). The fourth-order valence-corrected chi connectivity index (χ4v) is 7.18. The van der Waals surface area contributed by atoms with Crippen molar-refractivity contribution in [1.29, 1.82) is 0 Å². The molecule has 0 unspecified atom stereocenters. The molecule has 0 radical (unpaired) electrons. The summed E-state index contributed by atoms with van der Waals surface area (Å²) in [6.07, 6.45) is 0.232. The highest BCUT2D eigenvalue weighted by molar-refractivity contribution is 7.92. The molecular weight excluding hydrogens is 383 g/mol. The largest absolute Gasteiger partial charge is 0.329 e. The molecule has 0 spiro atoms. The average molecular weight is 401 g/mol. The van der Waals surface area contributed by atoms with E-state index in [0.29, 0.717) is 0 Å². The average Bonchev–Trinajstić information content (AvgIpc) is 2.73. The summed E-state index contributed by atoms with van der Waals surface area (Å²) in [7, 11) is -7.22. The lowest BCUT2D eigenvalue weighted by Gasteiger charge is -2.36. The molecule has 1 aliphatic rings. The molecule has 0 aromatic heterocycles. The maximum absolute atomic E-state index is 13.0. The minimum absolute atomic E-state index is 0.0224. The first-order valence-corrected chi connectivity index (χ1v) is 10.9. The molecule has 0 bridgehead atoms. The molecule has 1 saturated heterocycles. The predicted molar refractivity (Wildman–Crippen MR) is 91.1 cm³/mol. The van der Waals surface area contributed by atoms with E-state index >= 15 is 0 Å². The standard InChI is InChI=1S/C13H18Cl2N2O4S2/c1-13(4-7-22(18,19)9-13)17(6-5-16)23(20,21)10-2-3-11(14)12(15)8-10/h2-3,8H,4-7,9,16H2,1H3/t13-/m0/s1. The molecular formula is C13H18Cl2N2O4S2. The fourth-order valence-electron chi connectivity index (χ4n) is 2.75. The molecule has 0 amide bonds. The molecule has 1 atom stereocenters. The molecule has 1 aliphatic heterocycles. The van der Waals surface area contributed by atoms with E-state index in [9.17, 15) is 16.8 Å². The molecule has 1 fully saturated rings. The summed E-state index contributed by atoms with van der Waals surface area (Å²) >= 11 is 11.7. The van der Waals surface area contributed by atoms with E-state index in [0.717, 1.165) is 0 Å². The van der Waals surface area contributed by atoms with Crippen LogP contribution < -0.4 is 5.73 Å². The Morgan fingerprint density at radius 2 is 1.96 bits per heavy atom. The monoisotopic (exact) mass is 400 g/mol. The fraction of sp³-hybridized carbons (Fsp3) is 0.538. The van der Waals surface area contributed by atoms with Crippen LogP contribution in [0.25, 0.3) is 0 Å². The first kappa shape index (κ1) is 19.0. The third kappa shape index (κ3) is 3.83.